The first-order valence-corrected chi connectivity index (χ1v) is 5.38. The van der Waals surface area contributed by atoms with Crippen LogP contribution in [-0.2, 0) is 0 Å². The lowest BCUT2D eigenvalue weighted by Gasteiger charge is -2.12. The summed E-state index contributed by atoms with van der Waals surface area (Å²) in [6, 6.07) is 5.13. The van der Waals surface area contributed by atoms with Gasteiger partial charge in [0.15, 0.2) is 0 Å². The summed E-state index contributed by atoms with van der Waals surface area (Å²) in [6.07, 6.45) is 1.07. The zero-order valence-corrected chi connectivity index (χ0v) is 9.31. The molecule has 0 amide bonds. The summed E-state index contributed by atoms with van der Waals surface area (Å²) in [5.74, 6) is -0.508. The van der Waals surface area contributed by atoms with Crippen LogP contribution >= 0.6 is 0 Å². The molecule has 4 nitrogen and oxygen atoms in total. The van der Waals surface area contributed by atoms with Crippen molar-refractivity contribution < 1.29 is 9.90 Å². The highest BCUT2D eigenvalue weighted by Crippen LogP contribution is 2.28. The average molecular weight is 220 g/mol. The summed E-state index contributed by atoms with van der Waals surface area (Å²) < 4.78 is 0. The Bertz CT molecular complexity index is 417. The van der Waals surface area contributed by atoms with E-state index in [9.17, 15) is 4.79 Å². The van der Waals surface area contributed by atoms with Gasteiger partial charge in [-0.25, -0.2) is 4.79 Å². The molecule has 1 heterocycles. The van der Waals surface area contributed by atoms with Crippen molar-refractivity contribution in [3.8, 4) is 0 Å². The number of rotatable bonds is 2. The number of benzene rings is 1. The van der Waals surface area contributed by atoms with Gasteiger partial charge < -0.3 is 15.7 Å². The highest BCUT2D eigenvalue weighted by molar-refractivity contribution is 5.89. The van der Waals surface area contributed by atoms with E-state index in [-0.39, 0.29) is 5.56 Å². The molecule has 1 atom stereocenters. The number of nitrogens with zero attached hydrogens (tertiary/aromatic N) is 1. The van der Waals surface area contributed by atoms with Gasteiger partial charge >= 0.3 is 5.97 Å². The lowest BCUT2D eigenvalue weighted by atomic mass is 9.96. The van der Waals surface area contributed by atoms with Gasteiger partial charge in [-0.05, 0) is 49.7 Å². The highest BCUT2D eigenvalue weighted by atomic mass is 16.4. The van der Waals surface area contributed by atoms with E-state index in [4.69, 9.17) is 10.8 Å². The Kier molecular flexibility index (Phi) is 2.83. The molecule has 0 radical (unpaired) electrons. The minimum absolute atomic E-state index is 0.282. The van der Waals surface area contributed by atoms with Crippen molar-refractivity contribution in [1.29, 1.82) is 0 Å². The van der Waals surface area contributed by atoms with E-state index < -0.39 is 5.97 Å². The minimum Gasteiger partial charge on any atom is -0.478 e. The van der Waals surface area contributed by atoms with Crippen LogP contribution in [0.4, 0.5) is 5.69 Å². The molecule has 0 aliphatic carbocycles. The normalized spacial score (nSPS) is 21.2. The molecule has 0 aromatic heterocycles. The number of nitrogens with two attached hydrogens (primary N) is 1. The predicted molar refractivity (Wildman–Crippen MR) is 62.7 cm³/mol. The summed E-state index contributed by atoms with van der Waals surface area (Å²) >= 11 is 0. The van der Waals surface area contributed by atoms with Crippen molar-refractivity contribution in [3.63, 3.8) is 0 Å². The van der Waals surface area contributed by atoms with Crippen molar-refractivity contribution in [1.82, 2.24) is 4.90 Å². The number of hydrogen-bond acceptors (Lipinski definition) is 3. The zero-order valence-electron chi connectivity index (χ0n) is 9.31. The Morgan fingerprint density at radius 3 is 2.81 bits per heavy atom. The molecular weight excluding hydrogens is 204 g/mol. The summed E-state index contributed by atoms with van der Waals surface area (Å²) in [4.78, 5) is 13.2. The largest absolute Gasteiger partial charge is 0.478 e. The number of nitrogen functional groups attached to an aromatic ring is 1. The van der Waals surface area contributed by atoms with Crippen LogP contribution in [0.15, 0.2) is 18.2 Å². The maximum atomic E-state index is 10.9. The van der Waals surface area contributed by atoms with Crippen molar-refractivity contribution in [3.05, 3.63) is 29.3 Å². The predicted octanol–water partition coefficient (Wildman–Crippen LogP) is 1.39. The maximum Gasteiger partial charge on any atom is 0.335 e. The van der Waals surface area contributed by atoms with Gasteiger partial charge in [0.05, 0.1) is 5.56 Å². The molecule has 1 saturated heterocycles. The molecule has 1 aliphatic heterocycles. The van der Waals surface area contributed by atoms with Crippen LogP contribution in [-0.4, -0.2) is 36.1 Å². The van der Waals surface area contributed by atoms with Crippen LogP contribution in [0.1, 0.15) is 28.3 Å². The Morgan fingerprint density at radius 2 is 2.25 bits per heavy atom. The summed E-state index contributed by atoms with van der Waals surface area (Å²) in [5, 5.41) is 8.96. The Labute approximate surface area is 94.7 Å². The van der Waals surface area contributed by atoms with Crippen LogP contribution in [0, 0.1) is 0 Å². The summed E-state index contributed by atoms with van der Waals surface area (Å²) in [7, 11) is 2.07. The molecule has 86 valence electrons. The van der Waals surface area contributed by atoms with Crippen LogP contribution in [0.5, 0.6) is 0 Å². The van der Waals surface area contributed by atoms with Gasteiger partial charge in [0.1, 0.15) is 0 Å². The van der Waals surface area contributed by atoms with Crippen LogP contribution in [0.2, 0.25) is 0 Å². The topological polar surface area (TPSA) is 66.6 Å². The Hall–Kier alpha value is -1.55. The summed E-state index contributed by atoms with van der Waals surface area (Å²) in [6.45, 7) is 2.03. The van der Waals surface area contributed by atoms with E-state index in [1.54, 1.807) is 6.07 Å². The standard InChI is InChI=1S/C12H16N2O2/c1-14-3-2-8(7-14)9-4-10(12(15)16)6-11(13)5-9/h4-6,8H,2-3,7,13H2,1H3,(H,15,16). The second-order valence-electron chi connectivity index (χ2n) is 4.44. The number of carboxylic acid groups (broad SMARTS) is 1. The molecule has 0 spiro atoms. The molecular formula is C12H16N2O2. The number of anilines is 1. The lowest BCUT2D eigenvalue weighted by Crippen LogP contribution is -2.13. The highest BCUT2D eigenvalue weighted by Gasteiger charge is 2.22. The van der Waals surface area contributed by atoms with E-state index in [1.165, 1.54) is 6.07 Å². The number of likely N-dealkylation sites (N-methyl/N-ethyl adjacent to an activating group) is 1. The van der Waals surface area contributed by atoms with Gasteiger partial charge in [-0.1, -0.05) is 0 Å². The van der Waals surface area contributed by atoms with Crippen molar-refractivity contribution >= 4 is 11.7 Å². The average Bonchev–Trinajstić information content (AvgIpc) is 2.64. The van der Waals surface area contributed by atoms with E-state index in [1.807, 2.05) is 6.07 Å². The first-order chi connectivity index (χ1) is 7.56. The Morgan fingerprint density at radius 1 is 1.50 bits per heavy atom. The molecule has 4 heteroatoms. The van der Waals surface area contributed by atoms with Crippen LogP contribution in [0.3, 0.4) is 0 Å². The van der Waals surface area contributed by atoms with Gasteiger partial charge in [0, 0.05) is 12.2 Å². The third-order valence-electron chi connectivity index (χ3n) is 3.09. The molecule has 16 heavy (non-hydrogen) atoms. The third-order valence-corrected chi connectivity index (χ3v) is 3.09. The second-order valence-corrected chi connectivity index (χ2v) is 4.44. The maximum absolute atomic E-state index is 10.9. The van der Waals surface area contributed by atoms with E-state index in [2.05, 4.69) is 11.9 Å². The SMILES string of the molecule is CN1CCC(c2cc(N)cc(C(=O)O)c2)C1. The summed E-state index contributed by atoms with van der Waals surface area (Å²) in [5.41, 5.74) is 7.58. The molecule has 0 saturated carbocycles. The fraction of sp³-hybridized carbons (Fsp3) is 0.417. The fourth-order valence-electron chi connectivity index (χ4n) is 2.24. The molecule has 3 N–H and O–H groups in total. The molecule has 1 unspecified atom stereocenters. The number of carboxylic acids is 1. The van der Waals surface area contributed by atoms with Gasteiger partial charge in [-0.2, -0.15) is 0 Å². The van der Waals surface area contributed by atoms with Gasteiger partial charge in [0.25, 0.3) is 0 Å². The van der Waals surface area contributed by atoms with E-state index in [0.717, 1.165) is 25.1 Å². The number of aromatic carboxylic acids is 1. The lowest BCUT2D eigenvalue weighted by molar-refractivity contribution is 0.0697. The molecule has 1 aromatic carbocycles. The minimum atomic E-state index is -0.917. The fourth-order valence-corrected chi connectivity index (χ4v) is 2.24. The third kappa shape index (κ3) is 2.17. The van der Waals surface area contributed by atoms with E-state index in [0.29, 0.717) is 11.6 Å². The van der Waals surface area contributed by atoms with Gasteiger partial charge in [-0.3, -0.25) is 0 Å². The van der Waals surface area contributed by atoms with Crippen molar-refractivity contribution in [2.75, 3.05) is 25.9 Å². The van der Waals surface area contributed by atoms with E-state index >= 15 is 0 Å². The quantitative estimate of drug-likeness (QED) is 0.739. The molecule has 1 aliphatic rings. The van der Waals surface area contributed by atoms with Crippen molar-refractivity contribution in [2.24, 2.45) is 0 Å². The second kappa shape index (κ2) is 4.14. The smallest absolute Gasteiger partial charge is 0.335 e. The number of carbonyl (C=O) groups is 1. The number of likely N-dealkylation sites (tertiary alicyclic amines) is 1. The monoisotopic (exact) mass is 220 g/mol. The molecule has 0 bridgehead atoms. The Balaban J connectivity index is 2.30. The van der Waals surface area contributed by atoms with Crippen LogP contribution < -0.4 is 5.73 Å². The molecule has 1 aromatic rings. The first-order valence-electron chi connectivity index (χ1n) is 5.38. The first kappa shape index (κ1) is 11.0. The van der Waals surface area contributed by atoms with Crippen molar-refractivity contribution in [2.45, 2.75) is 12.3 Å². The van der Waals surface area contributed by atoms with Crippen LogP contribution in [0.25, 0.3) is 0 Å². The molecule has 2 rings (SSSR count). The zero-order chi connectivity index (χ0) is 11.7. The van der Waals surface area contributed by atoms with Gasteiger partial charge in [-0.15, -0.1) is 0 Å². The molecule has 1 fully saturated rings. The van der Waals surface area contributed by atoms with Gasteiger partial charge in [0.2, 0.25) is 0 Å². The number of hydrogen-bond donors (Lipinski definition) is 2.